The van der Waals surface area contributed by atoms with Crippen molar-refractivity contribution in [3.05, 3.63) is 47.0 Å². The van der Waals surface area contributed by atoms with Crippen LogP contribution >= 0.6 is 0 Å². The molecule has 0 fully saturated rings. The predicted octanol–water partition coefficient (Wildman–Crippen LogP) is 5.80. The van der Waals surface area contributed by atoms with Crippen LogP contribution < -0.4 is 4.74 Å². The van der Waals surface area contributed by atoms with Crippen LogP contribution in [0.25, 0.3) is 11.1 Å². The molecule has 0 amide bonds. The fourth-order valence-corrected chi connectivity index (χ4v) is 3.22. The Kier molecular flexibility index (Phi) is 6.47. The molecule has 0 unspecified atom stereocenters. The molecule has 0 aliphatic heterocycles. The highest BCUT2D eigenvalue weighted by atomic mass is 16.5. The summed E-state index contributed by atoms with van der Waals surface area (Å²) in [6, 6.07) is 11.7. The lowest BCUT2D eigenvalue weighted by atomic mass is 9.87. The van der Waals surface area contributed by atoms with Crippen molar-refractivity contribution in [2.45, 2.75) is 52.4 Å². The first-order chi connectivity index (χ1) is 12.0. The summed E-state index contributed by atoms with van der Waals surface area (Å²) < 4.78 is 5.59. The number of phenolic OH excluding ortho intramolecular Hbond substituents is 1. The van der Waals surface area contributed by atoms with Crippen LogP contribution in [0.2, 0.25) is 0 Å². The minimum Gasteiger partial charge on any atom is -0.507 e. The van der Waals surface area contributed by atoms with Crippen LogP contribution in [0.4, 0.5) is 0 Å². The smallest absolute Gasteiger partial charge is 0.130 e. The van der Waals surface area contributed by atoms with E-state index in [1.54, 1.807) is 13.2 Å². The lowest BCUT2D eigenvalue weighted by Gasteiger charge is -2.19. The van der Waals surface area contributed by atoms with Gasteiger partial charge in [0.05, 0.1) is 24.3 Å². The zero-order valence-corrected chi connectivity index (χ0v) is 15.6. The largest absolute Gasteiger partial charge is 0.507 e. The second-order valence-electron chi connectivity index (χ2n) is 6.69. The van der Waals surface area contributed by atoms with E-state index in [1.807, 2.05) is 24.3 Å². The van der Waals surface area contributed by atoms with E-state index >= 15 is 0 Å². The monoisotopic (exact) mass is 337 g/mol. The summed E-state index contributed by atoms with van der Waals surface area (Å²) in [4.78, 5) is 0. The molecule has 0 aromatic heterocycles. The molecule has 2 rings (SSSR count). The van der Waals surface area contributed by atoms with Crippen LogP contribution in [0.3, 0.4) is 0 Å². The first-order valence-electron chi connectivity index (χ1n) is 8.96. The van der Waals surface area contributed by atoms with Crippen molar-refractivity contribution in [1.29, 1.82) is 5.26 Å². The second kappa shape index (κ2) is 8.58. The van der Waals surface area contributed by atoms with Gasteiger partial charge in [0, 0.05) is 5.56 Å². The Hall–Kier alpha value is -2.47. The first-order valence-corrected chi connectivity index (χ1v) is 8.96. The molecule has 1 N–H and O–H groups in total. The minimum atomic E-state index is 0.176. The van der Waals surface area contributed by atoms with Crippen molar-refractivity contribution in [2.24, 2.45) is 0 Å². The number of benzene rings is 2. The molecular formula is C22H27NO2. The molecule has 0 atom stereocenters. The molecule has 0 radical (unpaired) electrons. The van der Waals surface area contributed by atoms with Crippen LogP contribution in [0.15, 0.2) is 30.3 Å². The van der Waals surface area contributed by atoms with Crippen LogP contribution in [0, 0.1) is 11.3 Å². The topological polar surface area (TPSA) is 53.2 Å². The van der Waals surface area contributed by atoms with E-state index in [0.717, 1.165) is 36.0 Å². The first kappa shape index (κ1) is 18.9. The van der Waals surface area contributed by atoms with Gasteiger partial charge >= 0.3 is 0 Å². The zero-order valence-electron chi connectivity index (χ0n) is 15.6. The maximum atomic E-state index is 10.8. The third kappa shape index (κ3) is 4.14. The third-order valence-electron chi connectivity index (χ3n) is 4.52. The molecule has 0 saturated heterocycles. The molecule has 3 heteroatoms. The summed E-state index contributed by atoms with van der Waals surface area (Å²) in [6.07, 6.45) is 4.33. The molecule has 0 heterocycles. The summed E-state index contributed by atoms with van der Waals surface area (Å²) in [5.74, 6) is 1.03. The summed E-state index contributed by atoms with van der Waals surface area (Å²) in [7, 11) is 1.61. The van der Waals surface area contributed by atoms with Gasteiger partial charge in [0.15, 0.2) is 0 Å². The molecular weight excluding hydrogens is 310 g/mol. The Morgan fingerprint density at radius 1 is 1.16 bits per heavy atom. The minimum absolute atomic E-state index is 0.176. The third-order valence-corrected chi connectivity index (χ3v) is 4.52. The number of aryl methyl sites for hydroxylation is 1. The maximum Gasteiger partial charge on any atom is 0.130 e. The normalized spacial score (nSPS) is 10.7. The van der Waals surface area contributed by atoms with E-state index in [0.29, 0.717) is 16.9 Å². The van der Waals surface area contributed by atoms with Crippen LogP contribution in [-0.2, 0) is 6.42 Å². The molecule has 0 aliphatic rings. The van der Waals surface area contributed by atoms with Crippen LogP contribution in [-0.4, -0.2) is 12.2 Å². The highest BCUT2D eigenvalue weighted by Gasteiger charge is 2.21. The van der Waals surface area contributed by atoms with Gasteiger partial charge in [-0.2, -0.15) is 5.26 Å². The van der Waals surface area contributed by atoms with E-state index < -0.39 is 0 Å². The van der Waals surface area contributed by atoms with Gasteiger partial charge in [-0.25, -0.2) is 0 Å². The number of aromatic hydroxyl groups is 1. The van der Waals surface area contributed by atoms with E-state index in [1.165, 1.54) is 6.42 Å². The van der Waals surface area contributed by atoms with Gasteiger partial charge in [0.25, 0.3) is 0 Å². The van der Waals surface area contributed by atoms with E-state index in [2.05, 4.69) is 26.8 Å². The molecule has 2 aromatic rings. The van der Waals surface area contributed by atoms with Crippen molar-refractivity contribution < 1.29 is 9.84 Å². The highest BCUT2D eigenvalue weighted by molar-refractivity contribution is 5.83. The van der Waals surface area contributed by atoms with Gasteiger partial charge in [-0.05, 0) is 48.1 Å². The van der Waals surface area contributed by atoms with Gasteiger partial charge < -0.3 is 9.84 Å². The quantitative estimate of drug-likeness (QED) is 0.650. The number of rotatable bonds is 7. The Morgan fingerprint density at radius 2 is 1.92 bits per heavy atom. The number of phenols is 1. The summed E-state index contributed by atoms with van der Waals surface area (Å²) >= 11 is 0. The predicted molar refractivity (Wildman–Crippen MR) is 102 cm³/mol. The van der Waals surface area contributed by atoms with Gasteiger partial charge in [0.1, 0.15) is 11.5 Å². The fourth-order valence-electron chi connectivity index (χ4n) is 3.22. The van der Waals surface area contributed by atoms with Crippen molar-refractivity contribution in [1.82, 2.24) is 0 Å². The molecule has 0 bridgehead atoms. The molecule has 0 spiro atoms. The Balaban J connectivity index is 2.62. The van der Waals surface area contributed by atoms with Gasteiger partial charge in [0.2, 0.25) is 0 Å². The number of methoxy groups -OCH3 is 1. The molecule has 2 aromatic carbocycles. The van der Waals surface area contributed by atoms with Gasteiger partial charge in [-0.15, -0.1) is 0 Å². The number of hydrogen-bond acceptors (Lipinski definition) is 3. The van der Waals surface area contributed by atoms with E-state index in [9.17, 15) is 10.4 Å². The fraction of sp³-hybridized carbons (Fsp3) is 0.409. The van der Waals surface area contributed by atoms with E-state index in [-0.39, 0.29) is 11.7 Å². The average molecular weight is 337 g/mol. The summed E-state index contributed by atoms with van der Waals surface area (Å²) in [5.41, 5.74) is 4.04. The van der Waals surface area contributed by atoms with Crippen LogP contribution in [0.5, 0.6) is 11.5 Å². The number of nitriles is 1. The standard InChI is InChI=1S/C22H27NO2/c1-5-6-7-9-16-12-19(24)22(20(13-16)25-4)21-17(14-23)10-8-11-18(21)15(2)3/h8,10-13,15,24H,5-7,9H2,1-4H3. The Bertz CT molecular complexity index is 772. The van der Waals surface area contributed by atoms with Crippen molar-refractivity contribution >= 4 is 0 Å². The van der Waals surface area contributed by atoms with E-state index in [4.69, 9.17) is 4.74 Å². The van der Waals surface area contributed by atoms with Gasteiger partial charge in [-0.1, -0.05) is 45.7 Å². The number of unbranched alkanes of at least 4 members (excludes halogenated alkanes) is 2. The second-order valence-corrected chi connectivity index (χ2v) is 6.69. The molecule has 132 valence electrons. The maximum absolute atomic E-state index is 10.8. The molecule has 3 nitrogen and oxygen atoms in total. The van der Waals surface area contributed by atoms with Crippen molar-refractivity contribution in [2.75, 3.05) is 7.11 Å². The van der Waals surface area contributed by atoms with Crippen molar-refractivity contribution in [3.8, 4) is 28.7 Å². The SMILES string of the molecule is CCCCCc1cc(O)c(-c2c(C#N)cccc2C(C)C)c(OC)c1. The molecule has 0 saturated carbocycles. The summed E-state index contributed by atoms with van der Waals surface area (Å²) in [6.45, 7) is 6.35. The lowest BCUT2D eigenvalue weighted by molar-refractivity contribution is 0.409. The molecule has 0 aliphatic carbocycles. The Labute approximate surface area is 150 Å². The lowest BCUT2D eigenvalue weighted by Crippen LogP contribution is -1.99. The van der Waals surface area contributed by atoms with Gasteiger partial charge in [-0.3, -0.25) is 0 Å². The number of ether oxygens (including phenoxy) is 1. The van der Waals surface area contributed by atoms with Crippen molar-refractivity contribution in [3.63, 3.8) is 0 Å². The highest BCUT2D eigenvalue weighted by Crippen LogP contribution is 2.44. The zero-order chi connectivity index (χ0) is 18.4. The average Bonchev–Trinajstić information content (AvgIpc) is 2.60. The Morgan fingerprint density at radius 3 is 2.52 bits per heavy atom. The molecule has 25 heavy (non-hydrogen) atoms. The number of nitrogens with zero attached hydrogens (tertiary/aromatic N) is 1. The number of hydrogen-bond donors (Lipinski definition) is 1. The summed E-state index contributed by atoms with van der Waals surface area (Å²) in [5, 5.41) is 20.3. The van der Waals surface area contributed by atoms with Crippen LogP contribution in [0.1, 0.15) is 62.6 Å².